The Labute approximate surface area is 211 Å². The van der Waals surface area contributed by atoms with Gasteiger partial charge in [-0.15, -0.1) is 23.1 Å². The molecule has 0 aliphatic rings. The van der Waals surface area contributed by atoms with E-state index in [0.717, 1.165) is 27.3 Å². The number of thiophene rings is 1. The topological polar surface area (TPSA) is 55.4 Å². The number of ether oxygens (including phenoxy) is 1. The maximum atomic E-state index is 12.9. The molecule has 0 saturated carbocycles. The Hall–Kier alpha value is -3.06. The van der Waals surface area contributed by atoms with E-state index in [4.69, 9.17) is 16.3 Å². The third kappa shape index (κ3) is 5.89. The summed E-state index contributed by atoms with van der Waals surface area (Å²) < 4.78 is 5.27. The normalized spacial score (nSPS) is 10.6. The number of amides is 1. The van der Waals surface area contributed by atoms with E-state index in [-0.39, 0.29) is 12.5 Å². The van der Waals surface area contributed by atoms with Gasteiger partial charge >= 0.3 is 5.97 Å². The third-order valence-corrected chi connectivity index (χ3v) is 7.25. The first kappa shape index (κ1) is 24.1. The standard InChI is InChI=1S/C27H22ClNO3S2/c1-2-32-27(31)24-23(19-6-4-3-5-7-19)17-34-26(24)29-25(30)20-10-8-18(9-11-20)16-33-22-14-12-21(28)13-15-22/h3-15,17H,2,16H2,1H3,(H,29,30). The summed E-state index contributed by atoms with van der Waals surface area (Å²) in [6.45, 7) is 2.02. The van der Waals surface area contributed by atoms with Gasteiger partial charge in [-0.25, -0.2) is 4.79 Å². The number of rotatable bonds is 8. The molecule has 3 aromatic carbocycles. The lowest BCUT2D eigenvalue weighted by Crippen LogP contribution is -2.14. The average Bonchev–Trinajstić information content (AvgIpc) is 3.28. The van der Waals surface area contributed by atoms with Crippen LogP contribution in [0.3, 0.4) is 0 Å². The molecule has 34 heavy (non-hydrogen) atoms. The Balaban J connectivity index is 1.48. The van der Waals surface area contributed by atoms with Crippen LogP contribution in [0.4, 0.5) is 5.00 Å². The number of carbonyl (C=O) groups excluding carboxylic acids is 2. The Morgan fingerprint density at radius 1 is 0.971 bits per heavy atom. The molecular weight excluding hydrogens is 486 g/mol. The van der Waals surface area contributed by atoms with Crippen molar-refractivity contribution in [3.63, 3.8) is 0 Å². The fraction of sp³-hybridized carbons (Fsp3) is 0.111. The first-order valence-corrected chi connectivity index (χ1v) is 12.9. The summed E-state index contributed by atoms with van der Waals surface area (Å²) in [5.41, 5.74) is 3.64. The molecule has 4 rings (SSSR count). The van der Waals surface area contributed by atoms with Gasteiger partial charge in [-0.3, -0.25) is 4.79 Å². The zero-order chi connectivity index (χ0) is 23.9. The molecule has 4 nitrogen and oxygen atoms in total. The minimum atomic E-state index is -0.451. The van der Waals surface area contributed by atoms with Crippen molar-refractivity contribution >= 4 is 51.6 Å². The van der Waals surface area contributed by atoms with Crippen LogP contribution in [0.25, 0.3) is 11.1 Å². The summed E-state index contributed by atoms with van der Waals surface area (Å²) in [5, 5.41) is 5.96. The molecule has 1 N–H and O–H groups in total. The van der Waals surface area contributed by atoms with E-state index in [1.807, 2.05) is 72.1 Å². The van der Waals surface area contributed by atoms with Crippen LogP contribution in [0, 0.1) is 0 Å². The number of nitrogens with one attached hydrogen (secondary N) is 1. The first-order chi connectivity index (χ1) is 16.5. The minimum Gasteiger partial charge on any atom is -0.462 e. The number of thioether (sulfide) groups is 1. The van der Waals surface area contributed by atoms with Gasteiger partial charge in [0.15, 0.2) is 0 Å². The highest BCUT2D eigenvalue weighted by Gasteiger charge is 2.23. The van der Waals surface area contributed by atoms with Crippen LogP contribution in [0.15, 0.2) is 89.1 Å². The van der Waals surface area contributed by atoms with Gasteiger partial charge in [-0.1, -0.05) is 54.1 Å². The van der Waals surface area contributed by atoms with E-state index >= 15 is 0 Å². The smallest absolute Gasteiger partial charge is 0.341 e. The fourth-order valence-electron chi connectivity index (χ4n) is 3.31. The number of esters is 1. The molecule has 0 aliphatic heterocycles. The van der Waals surface area contributed by atoms with Crippen molar-refractivity contribution in [2.75, 3.05) is 11.9 Å². The summed E-state index contributed by atoms with van der Waals surface area (Å²) in [6.07, 6.45) is 0. The number of hydrogen-bond acceptors (Lipinski definition) is 5. The van der Waals surface area contributed by atoms with E-state index in [0.29, 0.717) is 21.2 Å². The van der Waals surface area contributed by atoms with Crippen molar-refractivity contribution in [2.45, 2.75) is 17.6 Å². The maximum Gasteiger partial charge on any atom is 0.341 e. The monoisotopic (exact) mass is 507 g/mol. The van der Waals surface area contributed by atoms with Crippen molar-refractivity contribution < 1.29 is 14.3 Å². The van der Waals surface area contributed by atoms with Gasteiger partial charge in [-0.05, 0) is 54.4 Å². The van der Waals surface area contributed by atoms with Crippen LogP contribution in [0.2, 0.25) is 5.02 Å². The SMILES string of the molecule is CCOC(=O)c1c(-c2ccccc2)csc1NC(=O)c1ccc(CSc2ccc(Cl)cc2)cc1. The second-order valence-electron chi connectivity index (χ2n) is 7.33. The Morgan fingerprint density at radius 3 is 2.35 bits per heavy atom. The van der Waals surface area contributed by atoms with E-state index in [2.05, 4.69) is 5.32 Å². The first-order valence-electron chi connectivity index (χ1n) is 10.7. The molecule has 4 aromatic rings. The molecule has 0 saturated heterocycles. The summed E-state index contributed by atoms with van der Waals surface area (Å²) >= 11 is 8.95. The fourth-order valence-corrected chi connectivity index (χ4v) is 5.24. The van der Waals surface area contributed by atoms with E-state index < -0.39 is 5.97 Å². The molecule has 172 valence electrons. The van der Waals surface area contributed by atoms with Crippen molar-refractivity contribution in [3.05, 3.63) is 106 Å². The van der Waals surface area contributed by atoms with Gasteiger partial charge in [0.05, 0.1) is 6.61 Å². The highest BCUT2D eigenvalue weighted by molar-refractivity contribution is 7.98. The summed E-state index contributed by atoms with van der Waals surface area (Å²) in [6, 6.07) is 24.8. The number of halogens is 1. The molecule has 0 bridgehead atoms. The van der Waals surface area contributed by atoms with Crippen LogP contribution in [-0.2, 0) is 10.5 Å². The molecule has 1 aromatic heterocycles. The van der Waals surface area contributed by atoms with Gasteiger partial charge in [-0.2, -0.15) is 0 Å². The predicted molar refractivity (Wildman–Crippen MR) is 141 cm³/mol. The highest BCUT2D eigenvalue weighted by atomic mass is 35.5. The second-order valence-corrected chi connectivity index (χ2v) is 9.70. The number of hydrogen-bond donors (Lipinski definition) is 1. The molecule has 0 atom stereocenters. The zero-order valence-corrected chi connectivity index (χ0v) is 20.8. The molecule has 1 heterocycles. The molecule has 0 aliphatic carbocycles. The summed E-state index contributed by atoms with van der Waals surface area (Å²) in [5.74, 6) is 0.0541. The summed E-state index contributed by atoms with van der Waals surface area (Å²) in [4.78, 5) is 26.8. The van der Waals surface area contributed by atoms with Crippen LogP contribution in [0.1, 0.15) is 33.2 Å². The predicted octanol–water partition coefficient (Wildman–Crippen LogP) is 7.79. The Morgan fingerprint density at radius 2 is 1.68 bits per heavy atom. The lowest BCUT2D eigenvalue weighted by molar-refractivity contribution is 0.0529. The third-order valence-electron chi connectivity index (χ3n) is 5.02. The molecule has 0 unspecified atom stereocenters. The van der Waals surface area contributed by atoms with Gasteiger partial charge < -0.3 is 10.1 Å². The van der Waals surface area contributed by atoms with Crippen LogP contribution in [0.5, 0.6) is 0 Å². The van der Waals surface area contributed by atoms with Gasteiger partial charge in [0.2, 0.25) is 0 Å². The number of carbonyl (C=O) groups is 2. The van der Waals surface area contributed by atoms with E-state index in [9.17, 15) is 9.59 Å². The van der Waals surface area contributed by atoms with Gasteiger partial charge in [0.25, 0.3) is 5.91 Å². The van der Waals surface area contributed by atoms with E-state index in [1.54, 1.807) is 30.8 Å². The van der Waals surface area contributed by atoms with Crippen LogP contribution < -0.4 is 5.32 Å². The molecule has 7 heteroatoms. The molecule has 0 fully saturated rings. The lowest BCUT2D eigenvalue weighted by atomic mass is 10.0. The van der Waals surface area contributed by atoms with Crippen molar-refractivity contribution in [1.29, 1.82) is 0 Å². The number of benzene rings is 3. The largest absolute Gasteiger partial charge is 0.462 e. The molecular formula is C27H22ClNO3S2. The van der Waals surface area contributed by atoms with Gasteiger partial charge in [0, 0.05) is 32.2 Å². The Bertz CT molecular complexity index is 1270. The van der Waals surface area contributed by atoms with Crippen LogP contribution in [-0.4, -0.2) is 18.5 Å². The lowest BCUT2D eigenvalue weighted by Gasteiger charge is -2.09. The Kier molecular flexibility index (Phi) is 8.06. The highest BCUT2D eigenvalue weighted by Crippen LogP contribution is 2.36. The zero-order valence-electron chi connectivity index (χ0n) is 18.4. The van der Waals surface area contributed by atoms with Crippen LogP contribution >= 0.6 is 34.7 Å². The van der Waals surface area contributed by atoms with E-state index in [1.165, 1.54) is 11.3 Å². The average molecular weight is 508 g/mol. The summed E-state index contributed by atoms with van der Waals surface area (Å²) in [7, 11) is 0. The molecule has 1 amide bonds. The maximum absolute atomic E-state index is 12.9. The van der Waals surface area contributed by atoms with Gasteiger partial charge in [0.1, 0.15) is 10.6 Å². The second kappa shape index (κ2) is 11.4. The quantitative estimate of drug-likeness (QED) is 0.195. The van der Waals surface area contributed by atoms with Crippen molar-refractivity contribution in [3.8, 4) is 11.1 Å². The number of anilines is 1. The van der Waals surface area contributed by atoms with Crippen molar-refractivity contribution in [1.82, 2.24) is 0 Å². The molecule has 0 radical (unpaired) electrons. The minimum absolute atomic E-state index is 0.256. The molecule has 0 spiro atoms. The van der Waals surface area contributed by atoms with Crippen molar-refractivity contribution in [2.24, 2.45) is 0 Å².